The third kappa shape index (κ3) is 5.07. The molecule has 0 atom stereocenters. The fraction of sp³-hybridized carbons (Fsp3) is 0.500. The summed E-state index contributed by atoms with van der Waals surface area (Å²) in [6.45, 7) is 3.22. The molecular formula is C6H12NO4P. The van der Waals surface area contributed by atoms with Gasteiger partial charge in [-0.1, -0.05) is 6.92 Å². The molecule has 1 heterocycles. The molecule has 6 heteroatoms. The predicted molar refractivity (Wildman–Crippen MR) is 44.5 cm³/mol. The van der Waals surface area contributed by atoms with Gasteiger partial charge in [0.1, 0.15) is 0 Å². The van der Waals surface area contributed by atoms with Crippen LogP contribution in [-0.2, 0) is 9.36 Å². The molecule has 0 unspecified atom stereocenters. The van der Waals surface area contributed by atoms with Crippen LogP contribution in [0.2, 0.25) is 0 Å². The molecule has 0 radical (unpaired) electrons. The van der Waals surface area contributed by atoms with Crippen molar-refractivity contribution < 1.29 is 19.1 Å². The minimum Gasteiger partial charge on any atom is -0.328 e. The van der Waals surface area contributed by atoms with Gasteiger partial charge in [0.15, 0.2) is 0 Å². The minimum atomic E-state index is -3.65. The molecule has 0 aromatic heterocycles. The summed E-state index contributed by atoms with van der Waals surface area (Å²) in [5.74, 6) is 0.0509. The highest BCUT2D eigenvalue weighted by Crippen LogP contribution is 2.32. The zero-order chi connectivity index (χ0) is 9.78. The molecule has 1 aliphatic heterocycles. The van der Waals surface area contributed by atoms with E-state index in [0.29, 0.717) is 0 Å². The Bertz CT molecular complexity index is 242. The summed E-state index contributed by atoms with van der Waals surface area (Å²) in [7, 11) is -3.65. The zero-order valence-corrected chi connectivity index (χ0v) is 7.84. The molecule has 1 aliphatic rings. The van der Waals surface area contributed by atoms with E-state index < -0.39 is 7.60 Å². The van der Waals surface area contributed by atoms with E-state index in [2.05, 4.69) is 5.32 Å². The van der Waals surface area contributed by atoms with Crippen molar-refractivity contribution in [2.45, 2.75) is 13.8 Å². The van der Waals surface area contributed by atoms with Gasteiger partial charge in [0, 0.05) is 17.9 Å². The first kappa shape index (κ1) is 11.4. The topological polar surface area (TPSA) is 86.6 Å². The van der Waals surface area contributed by atoms with Gasteiger partial charge in [0.25, 0.3) is 5.91 Å². The second-order valence-electron chi connectivity index (χ2n) is 2.28. The lowest BCUT2D eigenvalue weighted by atomic mass is 10.2. The molecule has 1 rings (SSSR count). The molecule has 0 aromatic rings. The van der Waals surface area contributed by atoms with E-state index in [9.17, 15) is 9.36 Å². The van der Waals surface area contributed by atoms with Crippen LogP contribution in [0.3, 0.4) is 0 Å². The summed E-state index contributed by atoms with van der Waals surface area (Å²) in [5, 5.41) is 2.46. The molecule has 0 bridgehead atoms. The van der Waals surface area contributed by atoms with E-state index in [-0.39, 0.29) is 12.1 Å². The summed E-state index contributed by atoms with van der Waals surface area (Å²) in [4.78, 5) is 25.9. The van der Waals surface area contributed by atoms with Crippen LogP contribution in [0, 0.1) is 0 Å². The van der Waals surface area contributed by atoms with Crippen LogP contribution in [-0.4, -0.2) is 21.9 Å². The smallest absolute Gasteiger partial charge is 0.325 e. The largest absolute Gasteiger partial charge is 0.328 e. The number of amides is 1. The fourth-order valence-corrected chi connectivity index (χ4v) is 0.275. The first-order valence-electron chi connectivity index (χ1n) is 3.39. The molecule has 5 nitrogen and oxygen atoms in total. The molecule has 0 spiro atoms. The van der Waals surface area contributed by atoms with Gasteiger partial charge < -0.3 is 15.1 Å². The Morgan fingerprint density at radius 3 is 1.92 bits per heavy atom. The minimum absolute atomic E-state index is 0.0509. The van der Waals surface area contributed by atoms with Crippen LogP contribution in [0.5, 0.6) is 0 Å². The van der Waals surface area contributed by atoms with Gasteiger partial charge >= 0.3 is 7.60 Å². The lowest BCUT2D eigenvalue weighted by molar-refractivity contribution is -0.118. The highest BCUT2D eigenvalue weighted by atomic mass is 31.2. The van der Waals surface area contributed by atoms with Gasteiger partial charge in [-0.2, -0.15) is 0 Å². The third-order valence-electron chi connectivity index (χ3n) is 1.19. The van der Waals surface area contributed by atoms with Gasteiger partial charge in [-0.15, -0.1) is 0 Å². The summed E-state index contributed by atoms with van der Waals surface area (Å²) < 4.78 is 9.69. The van der Waals surface area contributed by atoms with Crippen LogP contribution in [0.15, 0.2) is 11.8 Å². The molecule has 0 aliphatic carbocycles. The van der Waals surface area contributed by atoms with Crippen LogP contribution in [0.1, 0.15) is 13.8 Å². The summed E-state index contributed by atoms with van der Waals surface area (Å²) in [5.41, 5.74) is 0.815. The van der Waals surface area contributed by atoms with Crippen LogP contribution < -0.4 is 5.32 Å². The maximum absolute atomic E-state index is 10.1. The zero-order valence-electron chi connectivity index (χ0n) is 6.94. The molecule has 12 heavy (non-hydrogen) atoms. The van der Waals surface area contributed by atoms with Crippen molar-refractivity contribution in [1.29, 1.82) is 0 Å². The van der Waals surface area contributed by atoms with Crippen molar-refractivity contribution in [2.75, 3.05) is 6.16 Å². The van der Waals surface area contributed by atoms with Gasteiger partial charge in [-0.05, 0) is 6.92 Å². The number of carbonyl (C=O) groups excluding carboxylic acids is 1. The van der Waals surface area contributed by atoms with Crippen molar-refractivity contribution in [3.63, 3.8) is 0 Å². The first-order valence-corrected chi connectivity index (χ1v) is 5.18. The maximum Gasteiger partial charge on any atom is 0.325 e. The van der Waals surface area contributed by atoms with Gasteiger partial charge in [0.05, 0.1) is 0 Å². The van der Waals surface area contributed by atoms with E-state index >= 15 is 0 Å². The van der Waals surface area contributed by atoms with Crippen molar-refractivity contribution >= 4 is 13.5 Å². The number of rotatable bonds is 1. The van der Waals surface area contributed by atoms with Crippen molar-refractivity contribution in [1.82, 2.24) is 5.32 Å². The Morgan fingerprint density at radius 1 is 1.58 bits per heavy atom. The molecule has 0 saturated heterocycles. The predicted octanol–water partition coefficient (Wildman–Crippen LogP) is 0.204. The average Bonchev–Trinajstić information content (AvgIpc) is 2.01. The number of hydrogen-bond acceptors (Lipinski definition) is 2. The van der Waals surface area contributed by atoms with Crippen molar-refractivity contribution in [3.05, 3.63) is 11.8 Å². The van der Waals surface area contributed by atoms with Gasteiger partial charge in [0.2, 0.25) is 0 Å². The summed E-state index contributed by atoms with van der Waals surface area (Å²) in [6, 6.07) is 0. The van der Waals surface area contributed by atoms with Crippen LogP contribution >= 0.6 is 7.60 Å². The Balaban J connectivity index is 0.000000202. The Kier molecular flexibility index (Phi) is 4.17. The highest BCUT2D eigenvalue weighted by molar-refractivity contribution is 7.51. The molecule has 3 N–H and O–H groups in total. The van der Waals surface area contributed by atoms with Crippen molar-refractivity contribution in [2.24, 2.45) is 0 Å². The maximum atomic E-state index is 10.1. The highest BCUT2D eigenvalue weighted by Gasteiger charge is 2.08. The third-order valence-corrected chi connectivity index (χ3v) is 2.01. The SMILES string of the molecule is CC1=CNC1=O.CCP(=O)(O)O. The van der Waals surface area contributed by atoms with E-state index in [1.54, 1.807) is 13.1 Å². The molecular weight excluding hydrogens is 181 g/mol. The molecule has 70 valence electrons. The van der Waals surface area contributed by atoms with Crippen LogP contribution in [0.25, 0.3) is 0 Å². The van der Waals surface area contributed by atoms with E-state index in [1.165, 1.54) is 6.92 Å². The Morgan fingerprint density at radius 2 is 1.92 bits per heavy atom. The first-order chi connectivity index (χ1) is 5.37. The monoisotopic (exact) mass is 193 g/mol. The normalized spacial score (nSPS) is 15.0. The second-order valence-corrected chi connectivity index (χ2v) is 4.24. The second kappa shape index (κ2) is 4.40. The van der Waals surface area contributed by atoms with E-state index in [0.717, 1.165) is 5.57 Å². The summed E-state index contributed by atoms with van der Waals surface area (Å²) >= 11 is 0. The Labute approximate surface area is 70.6 Å². The van der Waals surface area contributed by atoms with Gasteiger partial charge in [-0.3, -0.25) is 9.36 Å². The van der Waals surface area contributed by atoms with Crippen molar-refractivity contribution in [3.8, 4) is 0 Å². The van der Waals surface area contributed by atoms with Gasteiger partial charge in [-0.25, -0.2) is 0 Å². The fourth-order valence-electron chi connectivity index (χ4n) is 0.275. The van der Waals surface area contributed by atoms with E-state index in [1.807, 2.05) is 0 Å². The number of hydrogen-bond donors (Lipinski definition) is 3. The standard InChI is InChI=1S/C4H5NO.C2H7O3P/c1-3-2-5-4(3)6;1-2-6(3,4)5/h2H,1H3,(H,5,6);2H2,1H3,(H2,3,4,5). The lowest BCUT2D eigenvalue weighted by Crippen LogP contribution is -2.28. The van der Waals surface area contributed by atoms with Crippen LogP contribution in [0.4, 0.5) is 0 Å². The Hall–Kier alpha value is -0.640. The van der Waals surface area contributed by atoms with E-state index in [4.69, 9.17) is 9.79 Å². The number of nitrogens with one attached hydrogen (secondary N) is 1. The molecule has 1 amide bonds. The number of carbonyl (C=O) groups is 1. The summed E-state index contributed by atoms with van der Waals surface area (Å²) in [6.07, 6.45) is 1.62. The average molecular weight is 193 g/mol. The molecule has 0 saturated carbocycles. The lowest BCUT2D eigenvalue weighted by Gasteiger charge is -2.07. The quantitative estimate of drug-likeness (QED) is 0.519. The molecule has 0 aromatic carbocycles. The molecule has 0 fully saturated rings.